The van der Waals surface area contributed by atoms with Crippen LogP contribution < -0.4 is 5.32 Å². The van der Waals surface area contributed by atoms with Gasteiger partial charge < -0.3 is 10.1 Å². The number of ether oxygens (including phenoxy) is 1. The Bertz CT molecular complexity index is 289. The predicted molar refractivity (Wildman–Crippen MR) is 61.9 cm³/mol. The summed E-state index contributed by atoms with van der Waals surface area (Å²) in [6, 6.07) is 4.61. The second-order valence-corrected chi connectivity index (χ2v) is 3.71. The van der Waals surface area contributed by atoms with Gasteiger partial charge in [-0.15, -0.1) is 0 Å². The summed E-state index contributed by atoms with van der Waals surface area (Å²) >= 11 is 0. The first-order valence-electron chi connectivity index (χ1n) is 5.36. The molecule has 1 N–H and O–H groups in total. The zero-order valence-corrected chi connectivity index (χ0v) is 9.79. The van der Waals surface area contributed by atoms with E-state index >= 15 is 0 Å². The van der Waals surface area contributed by atoms with Crippen LogP contribution in [0.2, 0.25) is 0 Å². The lowest BCUT2D eigenvalue weighted by molar-refractivity contribution is 0.189. The SMILES string of the molecule is CNC(CCCOC)c1ccnc(C)c1. The fourth-order valence-electron chi connectivity index (χ4n) is 1.69. The number of aromatic nitrogens is 1. The van der Waals surface area contributed by atoms with Gasteiger partial charge in [-0.1, -0.05) is 0 Å². The molecule has 0 aliphatic heterocycles. The molecule has 1 atom stereocenters. The average Bonchev–Trinajstić information content (AvgIpc) is 2.24. The third-order valence-electron chi connectivity index (χ3n) is 2.51. The lowest BCUT2D eigenvalue weighted by Crippen LogP contribution is -2.17. The van der Waals surface area contributed by atoms with E-state index in [0.29, 0.717) is 6.04 Å². The molecule has 0 amide bonds. The monoisotopic (exact) mass is 208 g/mol. The van der Waals surface area contributed by atoms with E-state index in [0.717, 1.165) is 25.1 Å². The molecule has 3 nitrogen and oxygen atoms in total. The normalized spacial score (nSPS) is 12.7. The van der Waals surface area contributed by atoms with E-state index in [4.69, 9.17) is 4.74 Å². The van der Waals surface area contributed by atoms with E-state index < -0.39 is 0 Å². The summed E-state index contributed by atoms with van der Waals surface area (Å²) in [5.74, 6) is 0. The summed E-state index contributed by atoms with van der Waals surface area (Å²) in [4.78, 5) is 4.20. The number of rotatable bonds is 6. The molecule has 0 spiro atoms. The van der Waals surface area contributed by atoms with Gasteiger partial charge in [-0.05, 0) is 44.5 Å². The second kappa shape index (κ2) is 6.53. The highest BCUT2D eigenvalue weighted by molar-refractivity contribution is 5.19. The van der Waals surface area contributed by atoms with Crippen LogP contribution in [-0.2, 0) is 4.74 Å². The van der Waals surface area contributed by atoms with E-state index in [-0.39, 0.29) is 0 Å². The summed E-state index contributed by atoms with van der Waals surface area (Å²) in [7, 11) is 3.73. The number of hydrogen-bond donors (Lipinski definition) is 1. The minimum atomic E-state index is 0.404. The van der Waals surface area contributed by atoms with Crippen LogP contribution in [0.3, 0.4) is 0 Å². The Hall–Kier alpha value is -0.930. The van der Waals surface area contributed by atoms with Crippen LogP contribution in [0.15, 0.2) is 18.3 Å². The van der Waals surface area contributed by atoms with Gasteiger partial charge in [0.2, 0.25) is 0 Å². The number of hydrogen-bond acceptors (Lipinski definition) is 3. The van der Waals surface area contributed by atoms with Gasteiger partial charge in [0.15, 0.2) is 0 Å². The Labute approximate surface area is 91.9 Å². The molecular formula is C12H20N2O. The molecule has 0 bridgehead atoms. The lowest BCUT2D eigenvalue weighted by atomic mass is 10.0. The molecule has 1 aromatic rings. The molecule has 0 aromatic carbocycles. The van der Waals surface area contributed by atoms with Gasteiger partial charge in [-0.25, -0.2) is 0 Å². The molecule has 0 aliphatic rings. The molecule has 0 saturated heterocycles. The minimum absolute atomic E-state index is 0.404. The molecule has 1 aromatic heterocycles. The van der Waals surface area contributed by atoms with Gasteiger partial charge in [-0.3, -0.25) is 4.98 Å². The van der Waals surface area contributed by atoms with E-state index in [1.165, 1.54) is 5.56 Å². The highest BCUT2D eigenvalue weighted by Crippen LogP contribution is 2.17. The molecule has 1 heterocycles. The number of pyridine rings is 1. The van der Waals surface area contributed by atoms with Crippen LogP contribution >= 0.6 is 0 Å². The maximum atomic E-state index is 5.06. The number of aryl methyl sites for hydroxylation is 1. The topological polar surface area (TPSA) is 34.1 Å². The molecule has 15 heavy (non-hydrogen) atoms. The zero-order valence-electron chi connectivity index (χ0n) is 9.79. The molecule has 0 saturated carbocycles. The Kier molecular flexibility index (Phi) is 5.29. The highest BCUT2D eigenvalue weighted by atomic mass is 16.5. The Morgan fingerprint density at radius 3 is 2.93 bits per heavy atom. The van der Waals surface area contributed by atoms with Gasteiger partial charge in [0.1, 0.15) is 0 Å². The Balaban J connectivity index is 2.57. The third kappa shape index (κ3) is 3.98. The summed E-state index contributed by atoms with van der Waals surface area (Å²) in [5, 5.41) is 3.32. The Morgan fingerprint density at radius 1 is 1.53 bits per heavy atom. The van der Waals surface area contributed by atoms with Crippen LogP contribution in [0.5, 0.6) is 0 Å². The van der Waals surface area contributed by atoms with Crippen molar-refractivity contribution in [2.24, 2.45) is 0 Å². The van der Waals surface area contributed by atoms with Crippen molar-refractivity contribution in [3.05, 3.63) is 29.6 Å². The van der Waals surface area contributed by atoms with Gasteiger partial charge in [-0.2, -0.15) is 0 Å². The fourth-order valence-corrected chi connectivity index (χ4v) is 1.69. The second-order valence-electron chi connectivity index (χ2n) is 3.71. The standard InChI is InChI=1S/C12H20N2O/c1-10-9-11(6-7-14-10)12(13-2)5-4-8-15-3/h6-7,9,12-13H,4-5,8H2,1-3H3. The van der Waals surface area contributed by atoms with Crippen LogP contribution in [0.4, 0.5) is 0 Å². The molecule has 1 unspecified atom stereocenters. The van der Waals surface area contributed by atoms with Gasteiger partial charge in [0.25, 0.3) is 0 Å². The van der Waals surface area contributed by atoms with Crippen LogP contribution in [0.25, 0.3) is 0 Å². The summed E-state index contributed by atoms with van der Waals surface area (Å²) in [6.45, 7) is 2.84. The van der Waals surface area contributed by atoms with Gasteiger partial charge >= 0.3 is 0 Å². The first-order chi connectivity index (χ1) is 7.27. The molecule has 1 rings (SSSR count). The van der Waals surface area contributed by atoms with E-state index in [1.54, 1.807) is 7.11 Å². The van der Waals surface area contributed by atoms with Crippen LogP contribution in [0, 0.1) is 6.92 Å². The summed E-state index contributed by atoms with van der Waals surface area (Å²) in [6.07, 6.45) is 4.03. The number of nitrogens with one attached hydrogen (secondary N) is 1. The first kappa shape index (κ1) is 12.1. The van der Waals surface area contributed by atoms with E-state index in [9.17, 15) is 0 Å². The van der Waals surface area contributed by atoms with Gasteiger partial charge in [0, 0.05) is 31.6 Å². The van der Waals surface area contributed by atoms with E-state index in [2.05, 4.69) is 22.4 Å². The van der Waals surface area contributed by atoms with Crippen LogP contribution in [0.1, 0.15) is 30.1 Å². The minimum Gasteiger partial charge on any atom is -0.385 e. The van der Waals surface area contributed by atoms with Crippen LogP contribution in [-0.4, -0.2) is 25.7 Å². The van der Waals surface area contributed by atoms with Crippen molar-refractivity contribution in [3.8, 4) is 0 Å². The largest absolute Gasteiger partial charge is 0.385 e. The first-order valence-corrected chi connectivity index (χ1v) is 5.36. The third-order valence-corrected chi connectivity index (χ3v) is 2.51. The lowest BCUT2D eigenvalue weighted by Gasteiger charge is -2.16. The number of methoxy groups -OCH3 is 1. The van der Waals surface area contributed by atoms with Crippen molar-refractivity contribution in [1.82, 2.24) is 10.3 Å². The van der Waals surface area contributed by atoms with Crippen molar-refractivity contribution in [1.29, 1.82) is 0 Å². The molecule has 0 fully saturated rings. The maximum absolute atomic E-state index is 5.06. The Morgan fingerprint density at radius 2 is 2.33 bits per heavy atom. The summed E-state index contributed by atoms with van der Waals surface area (Å²) in [5.41, 5.74) is 2.38. The highest BCUT2D eigenvalue weighted by Gasteiger charge is 2.08. The zero-order chi connectivity index (χ0) is 11.1. The van der Waals surface area contributed by atoms with Crippen molar-refractivity contribution >= 4 is 0 Å². The quantitative estimate of drug-likeness (QED) is 0.727. The smallest absolute Gasteiger partial charge is 0.0462 e. The van der Waals surface area contributed by atoms with Crippen molar-refractivity contribution < 1.29 is 4.74 Å². The number of nitrogens with zero attached hydrogens (tertiary/aromatic N) is 1. The van der Waals surface area contributed by atoms with Crippen molar-refractivity contribution in [3.63, 3.8) is 0 Å². The molecule has 84 valence electrons. The molecular weight excluding hydrogens is 188 g/mol. The van der Waals surface area contributed by atoms with Gasteiger partial charge in [0.05, 0.1) is 0 Å². The van der Waals surface area contributed by atoms with E-state index in [1.807, 2.05) is 20.2 Å². The molecule has 3 heteroatoms. The average molecular weight is 208 g/mol. The predicted octanol–water partition coefficient (Wildman–Crippen LogP) is 2.08. The van der Waals surface area contributed by atoms with Crippen molar-refractivity contribution in [2.45, 2.75) is 25.8 Å². The maximum Gasteiger partial charge on any atom is 0.0462 e. The molecule has 0 radical (unpaired) electrons. The summed E-state index contributed by atoms with van der Waals surface area (Å²) < 4.78 is 5.06. The molecule has 0 aliphatic carbocycles. The fraction of sp³-hybridized carbons (Fsp3) is 0.583. The van der Waals surface area contributed by atoms with Crippen molar-refractivity contribution in [2.75, 3.05) is 20.8 Å².